The third-order valence-corrected chi connectivity index (χ3v) is 15.2. The molecular formula is C62H80N8O10. The van der Waals surface area contributed by atoms with Crippen molar-refractivity contribution < 1.29 is 47.4 Å². The summed E-state index contributed by atoms with van der Waals surface area (Å²) in [6.45, 7) is 11.5. The number of anilines is 4. The normalized spacial score (nSPS) is 14.4. The molecule has 2 unspecified atom stereocenters. The van der Waals surface area contributed by atoms with Gasteiger partial charge in [0.25, 0.3) is 11.8 Å². The first kappa shape index (κ1) is 59.6. The molecule has 2 fully saturated rings. The smallest absolute Gasteiger partial charge is 0.319 e. The second-order valence-electron chi connectivity index (χ2n) is 20.9. The van der Waals surface area contributed by atoms with Gasteiger partial charge in [0.05, 0.1) is 31.5 Å². The van der Waals surface area contributed by atoms with Crippen LogP contribution in [0, 0.1) is 25.7 Å². The predicted octanol–water partition coefficient (Wildman–Crippen LogP) is 12.8. The maximum Gasteiger partial charge on any atom is 0.319 e. The minimum atomic E-state index is -0.932. The lowest BCUT2D eigenvalue weighted by Gasteiger charge is -2.31. The Hall–Kier alpha value is -8.02. The molecule has 6 aromatic rings. The van der Waals surface area contributed by atoms with Crippen molar-refractivity contribution in [2.75, 3.05) is 68.1 Å². The molecule has 0 saturated heterocycles. The first-order valence-electron chi connectivity index (χ1n) is 28.3. The number of hydrogen-bond donors (Lipinski definition) is 7. The minimum Gasteiger partial charge on any atom is -0.481 e. The van der Waals surface area contributed by atoms with Gasteiger partial charge in [0, 0.05) is 96.1 Å². The van der Waals surface area contributed by atoms with E-state index >= 15 is 0 Å². The van der Waals surface area contributed by atoms with Gasteiger partial charge in [0.1, 0.15) is 22.7 Å². The maximum atomic E-state index is 12.9. The van der Waals surface area contributed by atoms with Gasteiger partial charge in [0.15, 0.2) is 0 Å². The molecule has 2 aliphatic carbocycles. The molecule has 0 spiro atoms. The molecule has 0 aliphatic heterocycles. The number of hydrogen-bond acceptors (Lipinski definition) is 11. The van der Waals surface area contributed by atoms with E-state index in [4.69, 9.17) is 18.7 Å². The van der Waals surface area contributed by atoms with Crippen molar-refractivity contribution in [3.05, 3.63) is 119 Å². The van der Waals surface area contributed by atoms with E-state index in [1.165, 1.54) is 48.3 Å². The van der Waals surface area contributed by atoms with Crippen LogP contribution in [0.4, 0.5) is 32.3 Å². The highest BCUT2D eigenvalue weighted by atomic mass is 16.5. The Kier molecular flexibility index (Phi) is 21.4. The molecule has 2 heterocycles. The van der Waals surface area contributed by atoms with Crippen LogP contribution in [-0.4, -0.2) is 97.6 Å². The largest absolute Gasteiger partial charge is 0.481 e. The summed E-state index contributed by atoms with van der Waals surface area (Å²) < 4.78 is 17.9. The summed E-state index contributed by atoms with van der Waals surface area (Å²) in [6.07, 6.45) is 11.7. The number of esters is 1. The van der Waals surface area contributed by atoms with Crippen molar-refractivity contribution >= 4 is 80.5 Å². The van der Waals surface area contributed by atoms with Gasteiger partial charge in [-0.15, -0.1) is 0 Å². The van der Waals surface area contributed by atoms with E-state index in [1.807, 2.05) is 86.6 Å². The number of aryl methyl sites for hydroxylation is 2. The molecule has 428 valence electrons. The first-order chi connectivity index (χ1) is 38.6. The van der Waals surface area contributed by atoms with E-state index < -0.39 is 5.97 Å². The van der Waals surface area contributed by atoms with Gasteiger partial charge in [-0.25, -0.2) is 9.59 Å². The second kappa shape index (κ2) is 28.7. The van der Waals surface area contributed by atoms with E-state index in [-0.39, 0.29) is 61.3 Å². The fourth-order valence-corrected chi connectivity index (χ4v) is 10.8. The van der Waals surface area contributed by atoms with E-state index in [0.717, 1.165) is 81.6 Å². The molecule has 80 heavy (non-hydrogen) atoms. The van der Waals surface area contributed by atoms with Crippen molar-refractivity contribution in [1.82, 2.24) is 20.4 Å². The van der Waals surface area contributed by atoms with Crippen molar-refractivity contribution in [3.63, 3.8) is 0 Å². The Morgan fingerprint density at radius 3 is 1.32 bits per heavy atom. The van der Waals surface area contributed by atoms with Crippen LogP contribution in [-0.2, 0) is 14.3 Å². The molecule has 18 nitrogen and oxygen atoms in total. The van der Waals surface area contributed by atoms with Crippen LogP contribution in [0.2, 0.25) is 0 Å². The van der Waals surface area contributed by atoms with Gasteiger partial charge in [0.2, 0.25) is 0 Å². The molecule has 7 N–H and O–H groups in total. The highest BCUT2D eigenvalue weighted by Crippen LogP contribution is 2.43. The number of nitrogens with one attached hydrogen (secondary N) is 6. The number of urea groups is 2. The number of benzene rings is 4. The number of amides is 6. The highest BCUT2D eigenvalue weighted by Gasteiger charge is 2.32. The predicted molar refractivity (Wildman–Crippen MR) is 313 cm³/mol. The monoisotopic (exact) mass is 1100 g/mol. The number of carboxylic acid groups (broad SMARTS) is 1. The maximum absolute atomic E-state index is 12.9. The third kappa shape index (κ3) is 15.8. The number of carbonyl (C=O) groups is 6. The number of furan rings is 2. The molecule has 4 aromatic carbocycles. The van der Waals surface area contributed by atoms with Gasteiger partial charge in [-0.2, -0.15) is 0 Å². The fraction of sp³-hybridized carbons (Fsp3) is 0.452. The van der Waals surface area contributed by atoms with Gasteiger partial charge in [-0.3, -0.25) is 19.2 Å². The van der Waals surface area contributed by atoms with Crippen molar-refractivity contribution in [1.29, 1.82) is 0 Å². The number of nitrogens with zero attached hydrogens (tertiary/aromatic N) is 2. The second-order valence-corrected chi connectivity index (χ2v) is 20.9. The molecule has 18 heteroatoms. The summed E-state index contributed by atoms with van der Waals surface area (Å²) in [6, 6.07) is 25.7. The summed E-state index contributed by atoms with van der Waals surface area (Å²) in [7, 11) is 3.30. The van der Waals surface area contributed by atoms with E-state index in [0.29, 0.717) is 60.6 Å². The van der Waals surface area contributed by atoms with E-state index in [1.54, 1.807) is 33.2 Å². The standard InChI is InChI=1S/C32H42N4O5.C30H38N4O5/c1-5-33-32(39)35-25-16-17-27-26(20-25)21(3)30(41-27)29(22-10-8-7-9-11-22)34-24-14-12-23(13-15-24)31(38)36(4)19-18-28(37)40-6-2;1-4-31-30(38)33-23-14-15-25-24(18-23)19(2)28(39-25)27(20-8-6-5-7-9-20)32-22-12-10-21(11-13-22)29(37)34(3)17-16-26(35)36/h12-17,20,22,29,34H,5-11,18-19H2,1-4H3,(H2,33,35,39);10-15,18,20,27,32H,4-9,16-17H2,1-3H3,(H,35,36)(H2,31,33,38). The number of aliphatic carboxylic acids is 1. The molecular weight excluding hydrogens is 1020 g/mol. The van der Waals surface area contributed by atoms with Gasteiger partial charge in [-0.05, 0) is 157 Å². The zero-order valence-corrected chi connectivity index (χ0v) is 47.4. The zero-order chi connectivity index (χ0) is 57.3. The Labute approximate surface area is 469 Å². The quantitative estimate of drug-likeness (QED) is 0.0333. The Morgan fingerprint density at radius 2 is 0.950 bits per heavy atom. The van der Waals surface area contributed by atoms with Crippen LogP contribution >= 0.6 is 0 Å². The van der Waals surface area contributed by atoms with Crippen LogP contribution < -0.4 is 31.9 Å². The fourth-order valence-electron chi connectivity index (χ4n) is 10.8. The first-order valence-corrected chi connectivity index (χ1v) is 28.3. The molecule has 0 radical (unpaired) electrons. The van der Waals surface area contributed by atoms with Gasteiger partial charge < -0.3 is 60.4 Å². The summed E-state index contributed by atoms with van der Waals surface area (Å²) in [5, 5.41) is 29.5. The Morgan fingerprint density at radius 1 is 0.562 bits per heavy atom. The van der Waals surface area contributed by atoms with Crippen molar-refractivity contribution in [2.24, 2.45) is 11.8 Å². The average molecular weight is 1100 g/mol. The summed E-state index contributed by atoms with van der Waals surface area (Å²) in [5.74, 6) is 1.00. The average Bonchev–Trinajstić information content (AvgIpc) is 3.97. The van der Waals surface area contributed by atoms with E-state index in [2.05, 4.69) is 45.7 Å². The van der Waals surface area contributed by atoms with Crippen molar-refractivity contribution in [2.45, 2.75) is 124 Å². The van der Waals surface area contributed by atoms with Gasteiger partial charge >= 0.3 is 24.0 Å². The molecule has 2 atom stereocenters. The lowest BCUT2D eigenvalue weighted by Crippen LogP contribution is -2.29. The highest BCUT2D eigenvalue weighted by molar-refractivity contribution is 5.96. The van der Waals surface area contributed by atoms with Crippen LogP contribution in [0.1, 0.15) is 153 Å². The third-order valence-electron chi connectivity index (χ3n) is 15.2. The van der Waals surface area contributed by atoms with Crippen molar-refractivity contribution in [3.8, 4) is 0 Å². The molecule has 2 saturated carbocycles. The number of fused-ring (bicyclic) bond motifs is 2. The summed E-state index contributed by atoms with van der Waals surface area (Å²) in [5.41, 5.74) is 7.94. The number of carbonyl (C=O) groups excluding carboxylic acids is 5. The molecule has 6 amide bonds. The lowest BCUT2D eigenvalue weighted by molar-refractivity contribution is -0.143. The zero-order valence-electron chi connectivity index (χ0n) is 47.4. The molecule has 2 aliphatic rings. The van der Waals surface area contributed by atoms with Crippen LogP contribution in [0.15, 0.2) is 93.8 Å². The van der Waals surface area contributed by atoms with E-state index in [9.17, 15) is 28.8 Å². The van der Waals surface area contributed by atoms with Crippen LogP contribution in [0.25, 0.3) is 21.9 Å². The number of rotatable bonds is 21. The lowest BCUT2D eigenvalue weighted by atomic mass is 9.82. The minimum absolute atomic E-state index is 0.0312. The molecule has 0 bridgehead atoms. The van der Waals surface area contributed by atoms with Gasteiger partial charge in [-0.1, -0.05) is 38.5 Å². The topological polar surface area (TPSA) is 237 Å². The summed E-state index contributed by atoms with van der Waals surface area (Å²) >= 11 is 0. The Bertz CT molecular complexity index is 3070. The SMILES string of the molecule is CCNC(=O)Nc1ccc2oc(C(Nc3ccc(C(=O)N(C)CCC(=O)O)cc3)C3CCCCC3)c(C)c2c1.CCNC(=O)Nc1ccc2oc(C(Nc3ccc(C(=O)N(C)CCC(=O)OCC)cc3)C3CCCCC3)c(C)c2c1. The van der Waals surface area contributed by atoms with Crippen LogP contribution in [0.5, 0.6) is 0 Å². The molecule has 2 aromatic heterocycles. The number of ether oxygens (including phenoxy) is 1. The Balaban J connectivity index is 0.000000231. The number of carboxylic acids is 1. The molecule has 8 rings (SSSR count). The summed E-state index contributed by atoms with van der Waals surface area (Å²) in [4.78, 5) is 75.1. The van der Waals surface area contributed by atoms with Crippen LogP contribution in [0.3, 0.4) is 0 Å².